The van der Waals surface area contributed by atoms with Gasteiger partial charge < -0.3 is 4.74 Å². The van der Waals surface area contributed by atoms with Crippen molar-refractivity contribution < 1.29 is 9.53 Å². The second-order valence-electron chi connectivity index (χ2n) is 6.47. The van der Waals surface area contributed by atoms with Crippen LogP contribution in [0.4, 0.5) is 0 Å². The van der Waals surface area contributed by atoms with Gasteiger partial charge in [0.15, 0.2) is 6.61 Å². The van der Waals surface area contributed by atoms with Crippen molar-refractivity contribution in [3.63, 3.8) is 0 Å². The summed E-state index contributed by atoms with van der Waals surface area (Å²) in [6, 6.07) is 5.37. The molecule has 0 fully saturated rings. The molecule has 0 bridgehead atoms. The normalized spacial score (nSPS) is 10.9. The number of rotatable bonds is 8. The lowest BCUT2D eigenvalue weighted by Gasteiger charge is -2.08. The first-order valence-electron chi connectivity index (χ1n) is 8.91. The highest BCUT2D eigenvalue weighted by Gasteiger charge is 2.16. The molecule has 2 aromatic rings. The van der Waals surface area contributed by atoms with Gasteiger partial charge in [-0.2, -0.15) is 5.10 Å². The smallest absolute Gasteiger partial charge is 0.284 e. The summed E-state index contributed by atoms with van der Waals surface area (Å²) < 4.78 is 7.09. The number of carbonyl (C=O) groups is 1. The Balaban J connectivity index is 2.00. The number of carbonyl (C=O) groups excluding carboxylic acids is 1. The number of halogens is 1. The van der Waals surface area contributed by atoms with Gasteiger partial charge >= 0.3 is 0 Å². The van der Waals surface area contributed by atoms with Gasteiger partial charge in [-0.25, -0.2) is 4.68 Å². The minimum atomic E-state index is -0.159. The van der Waals surface area contributed by atoms with Crippen LogP contribution < -0.4 is 4.74 Å². The molecule has 1 aromatic heterocycles. The number of nitrogens with zero attached hydrogens (tertiary/aromatic N) is 2. The third-order valence-corrected chi connectivity index (χ3v) is 4.87. The van der Waals surface area contributed by atoms with E-state index in [9.17, 15) is 4.79 Å². The van der Waals surface area contributed by atoms with Crippen molar-refractivity contribution in [1.29, 1.82) is 0 Å². The Labute approximate surface area is 155 Å². The lowest BCUT2D eigenvalue weighted by atomic mass is 10.0. The lowest BCUT2D eigenvalue weighted by molar-refractivity contribution is 0.0818. The molecular weight excluding hydrogens is 336 g/mol. The van der Waals surface area contributed by atoms with Crippen LogP contribution in [0, 0.1) is 20.8 Å². The van der Waals surface area contributed by atoms with Crippen LogP contribution in [-0.4, -0.2) is 22.3 Å². The van der Waals surface area contributed by atoms with Gasteiger partial charge in [-0.05, 0) is 62.9 Å². The summed E-state index contributed by atoms with van der Waals surface area (Å²) in [5, 5.41) is 5.10. The summed E-state index contributed by atoms with van der Waals surface area (Å²) in [5.41, 5.74) is 3.97. The molecular formula is C20H27ClN2O2. The van der Waals surface area contributed by atoms with E-state index < -0.39 is 0 Å². The van der Waals surface area contributed by atoms with E-state index in [1.807, 2.05) is 26.8 Å². The van der Waals surface area contributed by atoms with Gasteiger partial charge in [0.05, 0.1) is 5.69 Å². The molecule has 0 atom stereocenters. The standard InChI is InChI=1S/C20H27ClN2O2/c1-5-6-7-8-9-18-15(3)22-23(16(18)4)20(24)13-25-17-10-11-19(21)14(2)12-17/h10-12H,5-9,13H2,1-4H3. The maximum absolute atomic E-state index is 12.5. The van der Waals surface area contributed by atoms with E-state index in [0.29, 0.717) is 10.8 Å². The summed E-state index contributed by atoms with van der Waals surface area (Å²) in [6.45, 7) is 7.99. The molecule has 5 heteroatoms. The fraction of sp³-hybridized carbons (Fsp3) is 0.500. The Hall–Kier alpha value is -1.81. The number of unbranched alkanes of at least 4 members (excludes halogenated alkanes) is 3. The summed E-state index contributed by atoms with van der Waals surface area (Å²) >= 11 is 6.00. The zero-order chi connectivity index (χ0) is 18.4. The number of aromatic nitrogens is 2. The Morgan fingerprint density at radius 1 is 1.20 bits per heavy atom. The first-order chi connectivity index (χ1) is 11.9. The van der Waals surface area contributed by atoms with E-state index in [-0.39, 0.29) is 12.5 Å². The third kappa shape index (κ3) is 5.08. The average Bonchev–Trinajstić information content (AvgIpc) is 2.87. The molecule has 0 amide bonds. The molecule has 0 aliphatic carbocycles. The molecule has 0 unspecified atom stereocenters. The molecule has 0 N–H and O–H groups in total. The maximum atomic E-state index is 12.5. The molecule has 0 spiro atoms. The second kappa shape index (κ2) is 9.04. The molecule has 0 aliphatic rings. The van der Waals surface area contributed by atoms with Crippen molar-refractivity contribution in [3.8, 4) is 5.75 Å². The first-order valence-corrected chi connectivity index (χ1v) is 9.29. The van der Waals surface area contributed by atoms with E-state index in [1.165, 1.54) is 29.5 Å². The van der Waals surface area contributed by atoms with Crippen LogP contribution >= 0.6 is 11.6 Å². The topological polar surface area (TPSA) is 44.1 Å². The van der Waals surface area contributed by atoms with E-state index in [2.05, 4.69) is 12.0 Å². The highest BCUT2D eigenvalue weighted by molar-refractivity contribution is 6.31. The van der Waals surface area contributed by atoms with Crippen molar-refractivity contribution in [2.75, 3.05) is 6.61 Å². The summed E-state index contributed by atoms with van der Waals surface area (Å²) in [6.07, 6.45) is 5.79. The fourth-order valence-corrected chi connectivity index (χ4v) is 3.04. The van der Waals surface area contributed by atoms with Crippen molar-refractivity contribution in [2.45, 2.75) is 59.8 Å². The van der Waals surface area contributed by atoms with E-state index in [1.54, 1.807) is 12.1 Å². The number of aryl methyl sites for hydroxylation is 2. The van der Waals surface area contributed by atoms with Gasteiger partial charge in [0.1, 0.15) is 5.75 Å². The Morgan fingerprint density at radius 2 is 1.96 bits per heavy atom. The predicted octanol–water partition coefficient (Wildman–Crippen LogP) is 5.30. The van der Waals surface area contributed by atoms with Crippen molar-refractivity contribution in [3.05, 3.63) is 45.7 Å². The van der Waals surface area contributed by atoms with Gasteiger partial charge in [-0.15, -0.1) is 0 Å². The average molecular weight is 363 g/mol. The fourth-order valence-electron chi connectivity index (χ4n) is 2.92. The van der Waals surface area contributed by atoms with Crippen LogP contribution in [0.3, 0.4) is 0 Å². The quantitative estimate of drug-likeness (QED) is 0.598. The molecule has 4 nitrogen and oxygen atoms in total. The molecule has 1 aromatic carbocycles. The molecule has 2 rings (SSSR count). The van der Waals surface area contributed by atoms with Crippen molar-refractivity contribution in [2.24, 2.45) is 0 Å². The van der Waals surface area contributed by atoms with Crippen LogP contribution in [0.15, 0.2) is 18.2 Å². The number of benzene rings is 1. The molecule has 0 saturated heterocycles. The van der Waals surface area contributed by atoms with Crippen LogP contribution in [0.5, 0.6) is 5.75 Å². The van der Waals surface area contributed by atoms with Gasteiger partial charge in [-0.1, -0.05) is 37.8 Å². The first kappa shape index (κ1) is 19.5. The monoisotopic (exact) mass is 362 g/mol. The lowest BCUT2D eigenvalue weighted by Crippen LogP contribution is -2.21. The number of ether oxygens (including phenoxy) is 1. The van der Waals surface area contributed by atoms with Crippen LogP contribution in [-0.2, 0) is 6.42 Å². The zero-order valence-electron chi connectivity index (χ0n) is 15.6. The number of hydrogen-bond acceptors (Lipinski definition) is 3. The van der Waals surface area contributed by atoms with Crippen LogP contribution in [0.25, 0.3) is 0 Å². The zero-order valence-corrected chi connectivity index (χ0v) is 16.3. The summed E-state index contributed by atoms with van der Waals surface area (Å²) in [5.74, 6) is 0.476. The second-order valence-corrected chi connectivity index (χ2v) is 6.87. The van der Waals surface area contributed by atoms with Crippen LogP contribution in [0.2, 0.25) is 5.02 Å². The Kier molecular flexibility index (Phi) is 7.06. The van der Waals surface area contributed by atoms with Gasteiger partial charge in [-0.3, -0.25) is 4.79 Å². The summed E-state index contributed by atoms with van der Waals surface area (Å²) in [7, 11) is 0. The Morgan fingerprint density at radius 3 is 2.64 bits per heavy atom. The van der Waals surface area contributed by atoms with E-state index in [4.69, 9.17) is 16.3 Å². The molecule has 25 heavy (non-hydrogen) atoms. The highest BCUT2D eigenvalue weighted by Crippen LogP contribution is 2.21. The largest absolute Gasteiger partial charge is 0.484 e. The van der Waals surface area contributed by atoms with Gasteiger partial charge in [0, 0.05) is 10.7 Å². The molecule has 0 aliphatic heterocycles. The molecule has 1 heterocycles. The van der Waals surface area contributed by atoms with Crippen molar-refractivity contribution in [1.82, 2.24) is 9.78 Å². The van der Waals surface area contributed by atoms with E-state index >= 15 is 0 Å². The molecule has 0 radical (unpaired) electrons. The highest BCUT2D eigenvalue weighted by atomic mass is 35.5. The molecule has 136 valence electrons. The van der Waals surface area contributed by atoms with Gasteiger partial charge in [0.25, 0.3) is 5.91 Å². The summed E-state index contributed by atoms with van der Waals surface area (Å²) in [4.78, 5) is 12.5. The predicted molar refractivity (Wildman–Crippen MR) is 102 cm³/mol. The maximum Gasteiger partial charge on any atom is 0.284 e. The minimum absolute atomic E-state index is 0.0433. The number of hydrogen-bond donors (Lipinski definition) is 0. The van der Waals surface area contributed by atoms with Gasteiger partial charge in [0.2, 0.25) is 0 Å². The molecule has 0 saturated carbocycles. The SMILES string of the molecule is CCCCCCc1c(C)nn(C(=O)COc2ccc(Cl)c(C)c2)c1C. The van der Waals surface area contributed by atoms with Crippen LogP contribution in [0.1, 0.15) is 59.9 Å². The third-order valence-electron chi connectivity index (χ3n) is 4.45. The Bertz CT molecular complexity index is 738. The van der Waals surface area contributed by atoms with E-state index in [0.717, 1.165) is 29.8 Å². The van der Waals surface area contributed by atoms with Crippen molar-refractivity contribution >= 4 is 17.5 Å². The minimum Gasteiger partial charge on any atom is -0.484 e.